The van der Waals surface area contributed by atoms with E-state index in [9.17, 15) is 4.79 Å². The number of thiazole rings is 1. The van der Waals surface area contributed by atoms with Crippen LogP contribution >= 0.6 is 23.7 Å². The lowest BCUT2D eigenvalue weighted by atomic mass is 10.1. The highest BCUT2D eigenvalue weighted by Gasteiger charge is 2.10. The number of benzene rings is 1. The first-order valence-corrected chi connectivity index (χ1v) is 7.52. The largest absolute Gasteiger partial charge is 0.375 e. The zero-order valence-electron chi connectivity index (χ0n) is 12.9. The Bertz CT molecular complexity index is 644. The van der Waals surface area contributed by atoms with Gasteiger partial charge in [0.1, 0.15) is 0 Å². The van der Waals surface area contributed by atoms with Crippen LogP contribution in [0.15, 0.2) is 24.4 Å². The lowest BCUT2D eigenvalue weighted by molar-refractivity contribution is -0.117. The summed E-state index contributed by atoms with van der Waals surface area (Å²) in [5, 5.41) is 3.51. The van der Waals surface area contributed by atoms with Crippen LogP contribution in [-0.4, -0.2) is 29.4 Å². The summed E-state index contributed by atoms with van der Waals surface area (Å²) < 4.78 is 0. The van der Waals surface area contributed by atoms with Crippen LogP contribution in [0.2, 0.25) is 0 Å². The molecule has 0 saturated heterocycles. The van der Waals surface area contributed by atoms with Gasteiger partial charge in [0, 0.05) is 23.3 Å². The summed E-state index contributed by atoms with van der Waals surface area (Å²) in [5.74, 6) is -0.0244. The van der Waals surface area contributed by atoms with E-state index in [2.05, 4.69) is 10.3 Å². The van der Waals surface area contributed by atoms with Crippen LogP contribution in [0, 0.1) is 13.8 Å². The van der Waals surface area contributed by atoms with Crippen LogP contribution in [0.5, 0.6) is 0 Å². The number of nitrogens with two attached hydrogens (primary N) is 1. The van der Waals surface area contributed by atoms with Crippen LogP contribution in [0.25, 0.3) is 0 Å². The van der Waals surface area contributed by atoms with Gasteiger partial charge in [0.15, 0.2) is 5.13 Å². The number of rotatable bonds is 5. The van der Waals surface area contributed by atoms with Gasteiger partial charge in [-0.15, -0.1) is 23.7 Å². The molecular weight excluding hydrogens is 320 g/mol. The minimum atomic E-state index is -0.0244. The number of hydrogen-bond donors (Lipinski definition) is 2. The van der Waals surface area contributed by atoms with Crippen molar-refractivity contribution in [2.75, 3.05) is 24.6 Å². The molecule has 1 heterocycles. The quantitative estimate of drug-likeness (QED) is 0.878. The first-order valence-electron chi connectivity index (χ1n) is 6.70. The number of nitrogen functional groups attached to an aromatic ring is 1. The fraction of sp³-hybridized carbons (Fsp3) is 0.333. The van der Waals surface area contributed by atoms with Crippen molar-refractivity contribution in [2.45, 2.75) is 20.4 Å². The molecule has 2 aromatic rings. The lowest BCUT2D eigenvalue weighted by Gasteiger charge is -2.16. The molecule has 0 saturated carbocycles. The smallest absolute Gasteiger partial charge is 0.238 e. The summed E-state index contributed by atoms with van der Waals surface area (Å²) in [5.41, 5.74) is 8.74. The van der Waals surface area contributed by atoms with E-state index < -0.39 is 0 Å². The maximum absolute atomic E-state index is 12.1. The van der Waals surface area contributed by atoms with Crippen LogP contribution in [-0.2, 0) is 11.3 Å². The molecule has 5 nitrogen and oxygen atoms in total. The topological polar surface area (TPSA) is 71.2 Å². The van der Waals surface area contributed by atoms with Crippen LogP contribution in [0.4, 0.5) is 10.8 Å². The predicted molar refractivity (Wildman–Crippen MR) is 94.7 cm³/mol. The van der Waals surface area contributed by atoms with Gasteiger partial charge in [-0.3, -0.25) is 9.69 Å². The fourth-order valence-electron chi connectivity index (χ4n) is 2.04. The third kappa shape index (κ3) is 4.98. The normalized spacial score (nSPS) is 10.4. The van der Waals surface area contributed by atoms with Gasteiger partial charge in [-0.2, -0.15) is 0 Å². The maximum Gasteiger partial charge on any atom is 0.238 e. The molecule has 120 valence electrons. The van der Waals surface area contributed by atoms with E-state index in [0.717, 1.165) is 16.1 Å². The van der Waals surface area contributed by atoms with E-state index in [1.165, 1.54) is 16.9 Å². The SMILES string of the molecule is Cc1cccc(NC(=O)CN(C)Cc2cnc(N)s2)c1C.Cl. The molecule has 0 aliphatic carbocycles. The van der Waals surface area contributed by atoms with Gasteiger partial charge in [-0.05, 0) is 38.1 Å². The van der Waals surface area contributed by atoms with E-state index in [1.54, 1.807) is 6.20 Å². The third-order valence-electron chi connectivity index (χ3n) is 3.29. The molecule has 0 spiro atoms. The molecule has 0 aliphatic rings. The second-order valence-electron chi connectivity index (χ2n) is 5.13. The van der Waals surface area contributed by atoms with E-state index in [4.69, 9.17) is 5.73 Å². The summed E-state index contributed by atoms with van der Waals surface area (Å²) in [7, 11) is 1.90. The number of likely N-dealkylation sites (N-methyl/N-ethyl adjacent to an activating group) is 1. The monoisotopic (exact) mass is 340 g/mol. The molecule has 3 N–H and O–H groups in total. The Labute approximate surface area is 141 Å². The summed E-state index contributed by atoms with van der Waals surface area (Å²) >= 11 is 1.44. The molecule has 0 bridgehead atoms. The highest BCUT2D eigenvalue weighted by molar-refractivity contribution is 7.15. The van der Waals surface area contributed by atoms with Gasteiger partial charge in [0.05, 0.1) is 6.54 Å². The molecule has 0 radical (unpaired) electrons. The van der Waals surface area contributed by atoms with Crippen molar-refractivity contribution in [1.82, 2.24) is 9.88 Å². The van der Waals surface area contributed by atoms with Crippen LogP contribution in [0.1, 0.15) is 16.0 Å². The lowest BCUT2D eigenvalue weighted by Crippen LogP contribution is -2.29. The molecule has 7 heteroatoms. The molecule has 1 aromatic heterocycles. The number of carbonyl (C=O) groups excluding carboxylic acids is 1. The van der Waals surface area contributed by atoms with Gasteiger partial charge in [-0.25, -0.2) is 4.98 Å². The molecule has 1 amide bonds. The Balaban J connectivity index is 0.00000242. The Morgan fingerprint density at radius 2 is 2.14 bits per heavy atom. The average Bonchev–Trinajstić information content (AvgIpc) is 2.80. The van der Waals surface area contributed by atoms with E-state index in [0.29, 0.717) is 18.2 Å². The summed E-state index contributed by atoms with van der Waals surface area (Å²) in [6.45, 7) is 5.03. The number of anilines is 2. The first kappa shape index (κ1) is 18.4. The summed E-state index contributed by atoms with van der Waals surface area (Å²) in [4.78, 5) is 19.1. The van der Waals surface area contributed by atoms with Crippen molar-refractivity contribution in [3.63, 3.8) is 0 Å². The molecule has 2 rings (SSSR count). The number of aryl methyl sites for hydroxylation is 1. The second kappa shape index (κ2) is 8.12. The van der Waals surface area contributed by atoms with Gasteiger partial charge >= 0.3 is 0 Å². The minimum absolute atomic E-state index is 0. The zero-order chi connectivity index (χ0) is 15.4. The highest BCUT2D eigenvalue weighted by atomic mass is 35.5. The van der Waals surface area contributed by atoms with Crippen molar-refractivity contribution >= 4 is 40.5 Å². The molecule has 0 aliphatic heterocycles. The molecule has 1 aromatic carbocycles. The van der Waals surface area contributed by atoms with Crippen molar-refractivity contribution < 1.29 is 4.79 Å². The number of hydrogen-bond acceptors (Lipinski definition) is 5. The van der Waals surface area contributed by atoms with Crippen molar-refractivity contribution in [3.8, 4) is 0 Å². The van der Waals surface area contributed by atoms with Crippen LogP contribution < -0.4 is 11.1 Å². The zero-order valence-corrected chi connectivity index (χ0v) is 14.6. The van der Waals surface area contributed by atoms with Crippen molar-refractivity contribution in [3.05, 3.63) is 40.4 Å². The van der Waals surface area contributed by atoms with Gasteiger partial charge in [-0.1, -0.05) is 12.1 Å². The Kier molecular flexibility index (Phi) is 6.80. The molecule has 0 fully saturated rings. The number of amides is 1. The van der Waals surface area contributed by atoms with E-state index in [-0.39, 0.29) is 18.3 Å². The Morgan fingerprint density at radius 1 is 1.41 bits per heavy atom. The highest BCUT2D eigenvalue weighted by Crippen LogP contribution is 2.18. The molecular formula is C15H21ClN4OS. The number of aromatic nitrogens is 1. The second-order valence-corrected chi connectivity index (χ2v) is 6.28. The van der Waals surface area contributed by atoms with Gasteiger partial charge in [0.2, 0.25) is 5.91 Å². The van der Waals surface area contributed by atoms with E-state index in [1.807, 2.05) is 44.0 Å². The summed E-state index contributed by atoms with van der Waals surface area (Å²) in [6, 6.07) is 5.90. The number of halogens is 1. The van der Waals surface area contributed by atoms with Crippen LogP contribution in [0.3, 0.4) is 0 Å². The van der Waals surface area contributed by atoms with Gasteiger partial charge in [0.25, 0.3) is 0 Å². The number of nitrogens with one attached hydrogen (secondary N) is 1. The average molecular weight is 341 g/mol. The standard InChI is InChI=1S/C15H20N4OS.ClH/c1-10-5-4-6-13(11(10)2)18-14(20)9-19(3)8-12-7-17-15(16)21-12;/h4-7H,8-9H2,1-3H3,(H2,16,17)(H,18,20);1H. The Hall–Kier alpha value is -1.63. The molecule has 0 atom stereocenters. The maximum atomic E-state index is 12.1. The Morgan fingerprint density at radius 3 is 2.77 bits per heavy atom. The summed E-state index contributed by atoms with van der Waals surface area (Å²) in [6.07, 6.45) is 1.75. The molecule has 22 heavy (non-hydrogen) atoms. The van der Waals surface area contributed by atoms with Gasteiger partial charge < -0.3 is 11.1 Å². The predicted octanol–water partition coefficient (Wildman–Crippen LogP) is 2.83. The van der Waals surface area contributed by atoms with Crippen molar-refractivity contribution in [2.24, 2.45) is 0 Å². The first-order chi connectivity index (χ1) is 9.95. The number of carbonyl (C=O) groups is 1. The third-order valence-corrected chi connectivity index (χ3v) is 4.10. The van der Waals surface area contributed by atoms with Crippen molar-refractivity contribution in [1.29, 1.82) is 0 Å². The molecule has 0 unspecified atom stereocenters. The fourth-order valence-corrected chi connectivity index (χ4v) is 2.80. The van der Waals surface area contributed by atoms with E-state index >= 15 is 0 Å². The minimum Gasteiger partial charge on any atom is -0.375 e. The number of nitrogens with zero attached hydrogens (tertiary/aromatic N) is 2.